The number of rotatable bonds is 14. The van der Waals surface area contributed by atoms with E-state index >= 15 is 0 Å². The summed E-state index contributed by atoms with van der Waals surface area (Å²) in [6.45, 7) is 12.2. The van der Waals surface area contributed by atoms with Gasteiger partial charge in [0.2, 0.25) is 0 Å². The summed E-state index contributed by atoms with van der Waals surface area (Å²) >= 11 is 0. The predicted molar refractivity (Wildman–Crippen MR) is 130 cm³/mol. The van der Waals surface area contributed by atoms with Crippen LogP contribution in [0.15, 0.2) is 46.6 Å². The third-order valence-electron chi connectivity index (χ3n) is 5.75. The van der Waals surface area contributed by atoms with Gasteiger partial charge in [-0.25, -0.2) is 0 Å². The highest BCUT2D eigenvalue weighted by molar-refractivity contribution is 5.55. The summed E-state index contributed by atoms with van der Waals surface area (Å²) < 4.78 is 12.0. The number of unbranched alkanes of at least 4 members (excludes halogenated alkanes) is 5. The molecule has 0 amide bonds. The van der Waals surface area contributed by atoms with Gasteiger partial charge in [0.05, 0.1) is 24.6 Å². The summed E-state index contributed by atoms with van der Waals surface area (Å²) in [5.41, 5.74) is 3.71. The second-order valence-corrected chi connectivity index (χ2v) is 8.44. The smallest absolute Gasteiger partial charge is 0.124 e. The quantitative estimate of drug-likeness (QED) is 0.224. The first-order valence-corrected chi connectivity index (χ1v) is 11.9. The second kappa shape index (κ2) is 13.8. The normalized spacial score (nSPS) is 12.3. The zero-order valence-corrected chi connectivity index (χ0v) is 20.1. The molecule has 2 aromatic carbocycles. The Balaban J connectivity index is 1.97. The van der Waals surface area contributed by atoms with Crippen molar-refractivity contribution in [1.82, 2.24) is 0 Å². The zero-order chi connectivity index (χ0) is 22.5. The number of benzene rings is 2. The molecule has 0 unspecified atom stereocenters. The molecule has 1 atom stereocenters. The van der Waals surface area contributed by atoms with Crippen molar-refractivity contribution in [2.75, 3.05) is 13.2 Å². The Labute approximate surface area is 189 Å². The van der Waals surface area contributed by atoms with E-state index in [1.54, 1.807) is 0 Å². The van der Waals surface area contributed by atoms with E-state index in [0.29, 0.717) is 5.92 Å². The first kappa shape index (κ1) is 24.9. The van der Waals surface area contributed by atoms with Gasteiger partial charge in [-0.1, -0.05) is 71.4 Å². The van der Waals surface area contributed by atoms with Gasteiger partial charge >= 0.3 is 0 Å². The molecule has 0 heterocycles. The summed E-state index contributed by atoms with van der Waals surface area (Å²) in [6.07, 6.45) is 8.67. The van der Waals surface area contributed by atoms with Crippen molar-refractivity contribution in [3.05, 3.63) is 47.5 Å². The molecule has 0 spiro atoms. The maximum atomic E-state index is 6.02. The van der Waals surface area contributed by atoms with Crippen LogP contribution in [0.1, 0.15) is 76.8 Å². The zero-order valence-electron chi connectivity index (χ0n) is 20.1. The van der Waals surface area contributed by atoms with Crippen molar-refractivity contribution in [3.8, 4) is 11.5 Å². The van der Waals surface area contributed by atoms with E-state index in [9.17, 15) is 0 Å². The average Bonchev–Trinajstić information content (AvgIpc) is 2.78. The fourth-order valence-electron chi connectivity index (χ4n) is 3.26. The summed E-state index contributed by atoms with van der Waals surface area (Å²) in [5, 5.41) is 9.03. The lowest BCUT2D eigenvalue weighted by atomic mass is 10.1. The van der Waals surface area contributed by atoms with Gasteiger partial charge in [-0.05, 0) is 50.5 Å². The van der Waals surface area contributed by atoms with E-state index in [1.807, 2.05) is 50.2 Å². The molecule has 4 heteroatoms. The van der Waals surface area contributed by atoms with E-state index in [-0.39, 0.29) is 0 Å². The van der Waals surface area contributed by atoms with Crippen LogP contribution in [0, 0.1) is 19.8 Å². The van der Waals surface area contributed by atoms with Crippen LogP contribution >= 0.6 is 0 Å². The monoisotopic (exact) mass is 424 g/mol. The Morgan fingerprint density at radius 1 is 0.742 bits per heavy atom. The molecule has 0 saturated heterocycles. The second-order valence-electron chi connectivity index (χ2n) is 8.44. The molecule has 0 aliphatic carbocycles. The van der Waals surface area contributed by atoms with Crippen LogP contribution in [0.3, 0.4) is 0 Å². The third kappa shape index (κ3) is 8.35. The number of azo groups is 1. The van der Waals surface area contributed by atoms with Gasteiger partial charge in [-0.15, -0.1) is 0 Å². The number of hydrogen-bond acceptors (Lipinski definition) is 4. The minimum absolute atomic E-state index is 0.534. The predicted octanol–water partition coefficient (Wildman–Crippen LogP) is 8.88. The molecule has 170 valence electrons. The van der Waals surface area contributed by atoms with Crippen LogP contribution in [-0.4, -0.2) is 13.2 Å². The molecule has 0 aliphatic heterocycles. The highest BCUT2D eigenvalue weighted by Crippen LogP contribution is 2.32. The third-order valence-corrected chi connectivity index (χ3v) is 5.75. The Hall–Kier alpha value is -2.36. The van der Waals surface area contributed by atoms with Crippen LogP contribution in [0.5, 0.6) is 11.5 Å². The first-order valence-electron chi connectivity index (χ1n) is 11.9. The van der Waals surface area contributed by atoms with E-state index in [2.05, 4.69) is 31.0 Å². The van der Waals surface area contributed by atoms with Crippen molar-refractivity contribution >= 4 is 11.4 Å². The number of hydrogen-bond donors (Lipinski definition) is 0. The van der Waals surface area contributed by atoms with Crippen LogP contribution in [0.4, 0.5) is 11.4 Å². The van der Waals surface area contributed by atoms with Crippen molar-refractivity contribution in [2.24, 2.45) is 16.1 Å². The standard InChI is InChI=1S/C27H40N2O2/c1-6-8-9-10-11-12-19-30-26-17-13-15-24(22(26)4)28-29-25-16-14-18-27(23(25)5)31-20-21(3)7-2/h13-18,21H,6-12,19-20H2,1-5H3/t21-/m1/s1. The molecular weight excluding hydrogens is 384 g/mol. The van der Waals surface area contributed by atoms with Crippen molar-refractivity contribution < 1.29 is 9.47 Å². The van der Waals surface area contributed by atoms with Crippen LogP contribution < -0.4 is 9.47 Å². The molecule has 0 bridgehead atoms. The summed E-state index contributed by atoms with van der Waals surface area (Å²) in [5.74, 6) is 2.31. The van der Waals surface area contributed by atoms with Gasteiger partial charge in [-0.2, -0.15) is 10.2 Å². The van der Waals surface area contributed by atoms with E-state index in [0.717, 1.165) is 60.1 Å². The largest absolute Gasteiger partial charge is 0.493 e. The lowest BCUT2D eigenvalue weighted by Crippen LogP contribution is -2.07. The minimum atomic E-state index is 0.534. The number of ether oxygens (including phenoxy) is 2. The fourth-order valence-corrected chi connectivity index (χ4v) is 3.26. The van der Waals surface area contributed by atoms with Gasteiger partial charge in [-0.3, -0.25) is 0 Å². The molecule has 0 fully saturated rings. The van der Waals surface area contributed by atoms with E-state index < -0.39 is 0 Å². The Kier molecular flexibility index (Phi) is 11.1. The SMILES string of the molecule is CCCCCCCCOc1cccc(N=Nc2cccc(OC[C@H](C)CC)c2C)c1C. The molecule has 0 aromatic heterocycles. The Morgan fingerprint density at radius 3 is 1.87 bits per heavy atom. The van der Waals surface area contributed by atoms with Crippen molar-refractivity contribution in [1.29, 1.82) is 0 Å². The van der Waals surface area contributed by atoms with Gasteiger partial charge in [0, 0.05) is 11.1 Å². The van der Waals surface area contributed by atoms with E-state index in [4.69, 9.17) is 9.47 Å². The van der Waals surface area contributed by atoms with E-state index in [1.165, 1.54) is 32.1 Å². The maximum Gasteiger partial charge on any atom is 0.124 e. The minimum Gasteiger partial charge on any atom is -0.493 e. The highest BCUT2D eigenvalue weighted by atomic mass is 16.5. The molecule has 31 heavy (non-hydrogen) atoms. The number of nitrogens with zero attached hydrogens (tertiary/aromatic N) is 2. The molecule has 0 N–H and O–H groups in total. The first-order chi connectivity index (χ1) is 15.1. The molecule has 2 rings (SSSR count). The summed E-state index contributed by atoms with van der Waals surface area (Å²) in [6, 6.07) is 11.9. The van der Waals surface area contributed by atoms with Crippen molar-refractivity contribution in [2.45, 2.75) is 79.6 Å². The molecule has 2 aromatic rings. The lowest BCUT2D eigenvalue weighted by molar-refractivity contribution is 0.255. The molecule has 0 radical (unpaired) electrons. The van der Waals surface area contributed by atoms with Crippen LogP contribution in [0.2, 0.25) is 0 Å². The van der Waals surface area contributed by atoms with Crippen LogP contribution in [0.25, 0.3) is 0 Å². The van der Waals surface area contributed by atoms with Crippen LogP contribution in [-0.2, 0) is 0 Å². The maximum absolute atomic E-state index is 6.02. The molecular formula is C27H40N2O2. The molecule has 0 saturated carbocycles. The average molecular weight is 425 g/mol. The van der Waals surface area contributed by atoms with Gasteiger partial charge < -0.3 is 9.47 Å². The van der Waals surface area contributed by atoms with Gasteiger partial charge in [0.1, 0.15) is 11.5 Å². The fraction of sp³-hybridized carbons (Fsp3) is 0.556. The van der Waals surface area contributed by atoms with Gasteiger partial charge in [0.25, 0.3) is 0 Å². The van der Waals surface area contributed by atoms with Gasteiger partial charge in [0.15, 0.2) is 0 Å². The lowest BCUT2D eigenvalue weighted by Gasteiger charge is -2.13. The molecule has 4 nitrogen and oxygen atoms in total. The Bertz CT molecular complexity index is 817. The highest BCUT2D eigenvalue weighted by Gasteiger charge is 2.08. The van der Waals surface area contributed by atoms with Crippen molar-refractivity contribution in [3.63, 3.8) is 0 Å². The topological polar surface area (TPSA) is 43.2 Å². The summed E-state index contributed by atoms with van der Waals surface area (Å²) in [7, 11) is 0. The Morgan fingerprint density at radius 2 is 1.29 bits per heavy atom. The summed E-state index contributed by atoms with van der Waals surface area (Å²) in [4.78, 5) is 0. The molecule has 0 aliphatic rings.